The van der Waals surface area contributed by atoms with Crippen LogP contribution in [0.15, 0.2) is 48.5 Å². The molecule has 2 aromatic rings. The second kappa shape index (κ2) is 10.2. The average molecular weight is 382 g/mol. The molecule has 0 spiro atoms. The number of amides is 1. The van der Waals surface area contributed by atoms with Crippen molar-refractivity contribution in [1.82, 2.24) is 10.6 Å². The van der Waals surface area contributed by atoms with Crippen LogP contribution in [0.2, 0.25) is 0 Å². The van der Waals surface area contributed by atoms with Gasteiger partial charge >= 0.3 is 0 Å². The van der Waals surface area contributed by atoms with E-state index in [2.05, 4.69) is 22.8 Å². The molecule has 5 heteroatoms. The third-order valence-electron chi connectivity index (χ3n) is 5.37. The zero-order valence-electron chi connectivity index (χ0n) is 16.9. The fourth-order valence-electron chi connectivity index (χ4n) is 3.70. The Morgan fingerprint density at radius 2 is 1.86 bits per heavy atom. The maximum absolute atomic E-state index is 11.9. The number of aryl methyl sites for hydroxylation is 1. The first-order valence-electron chi connectivity index (χ1n) is 10.1. The van der Waals surface area contributed by atoms with E-state index in [9.17, 15) is 4.79 Å². The fourth-order valence-corrected chi connectivity index (χ4v) is 3.70. The largest absolute Gasteiger partial charge is 0.496 e. The number of anilines is 1. The fraction of sp³-hybridized carbons (Fsp3) is 0.435. The number of ether oxygens (including phenoxy) is 1. The minimum Gasteiger partial charge on any atom is -0.496 e. The van der Waals surface area contributed by atoms with Gasteiger partial charge in [0.25, 0.3) is 0 Å². The number of fused-ring (bicyclic) bond motifs is 1. The molecule has 1 atom stereocenters. The number of piperidine rings is 1. The third kappa shape index (κ3) is 5.33. The van der Waals surface area contributed by atoms with Crippen LogP contribution in [-0.2, 0) is 17.8 Å². The molecule has 0 aliphatic carbocycles. The van der Waals surface area contributed by atoms with Crippen molar-refractivity contribution in [3.05, 3.63) is 59.7 Å². The number of hydrogen-bond acceptors (Lipinski definition) is 4. The Morgan fingerprint density at radius 3 is 2.46 bits per heavy atom. The van der Waals surface area contributed by atoms with Crippen molar-refractivity contribution < 1.29 is 9.53 Å². The summed E-state index contributed by atoms with van der Waals surface area (Å²) in [5.74, 6) is 1.10. The topological polar surface area (TPSA) is 53.6 Å². The van der Waals surface area contributed by atoms with Gasteiger partial charge in [-0.05, 0) is 43.5 Å². The summed E-state index contributed by atoms with van der Waals surface area (Å²) >= 11 is 0. The number of carbonyl (C=O) groups excluding carboxylic acids is 1. The summed E-state index contributed by atoms with van der Waals surface area (Å²) < 4.78 is 5.55. The van der Waals surface area contributed by atoms with Crippen LogP contribution in [0, 0.1) is 0 Å². The van der Waals surface area contributed by atoms with Crippen LogP contribution in [0.3, 0.4) is 0 Å². The third-order valence-corrected chi connectivity index (χ3v) is 5.37. The van der Waals surface area contributed by atoms with E-state index in [0.29, 0.717) is 12.5 Å². The maximum Gasteiger partial charge on any atom is 0.227 e. The van der Waals surface area contributed by atoms with Crippen LogP contribution < -0.4 is 20.3 Å². The summed E-state index contributed by atoms with van der Waals surface area (Å²) in [7, 11) is 3.57. The Bertz CT molecular complexity index is 731. The predicted molar refractivity (Wildman–Crippen MR) is 114 cm³/mol. The summed E-state index contributed by atoms with van der Waals surface area (Å²) in [5, 5.41) is 7.02. The Labute approximate surface area is 168 Å². The monoisotopic (exact) mass is 381 g/mol. The SMILES string of the molecule is COc1cc2c(cc1CNC1CCCNC1)N(C)C(=O)CC2.c1ccccc1. The van der Waals surface area contributed by atoms with E-state index in [-0.39, 0.29) is 5.91 Å². The molecule has 1 fully saturated rings. The summed E-state index contributed by atoms with van der Waals surface area (Å²) in [4.78, 5) is 13.7. The van der Waals surface area contributed by atoms with Crippen molar-refractivity contribution in [2.24, 2.45) is 0 Å². The first-order chi connectivity index (χ1) is 13.7. The number of benzene rings is 2. The van der Waals surface area contributed by atoms with Gasteiger partial charge in [-0.3, -0.25) is 4.79 Å². The van der Waals surface area contributed by atoms with Crippen molar-refractivity contribution in [2.45, 2.75) is 38.3 Å². The van der Waals surface area contributed by atoms with Crippen molar-refractivity contribution in [1.29, 1.82) is 0 Å². The highest BCUT2D eigenvalue weighted by molar-refractivity contribution is 5.96. The lowest BCUT2D eigenvalue weighted by molar-refractivity contribution is -0.118. The highest BCUT2D eigenvalue weighted by Gasteiger charge is 2.23. The maximum atomic E-state index is 11.9. The molecule has 28 heavy (non-hydrogen) atoms. The molecule has 5 nitrogen and oxygen atoms in total. The number of nitrogens with zero attached hydrogens (tertiary/aromatic N) is 1. The van der Waals surface area contributed by atoms with Gasteiger partial charge in [-0.1, -0.05) is 36.4 Å². The number of hydrogen-bond donors (Lipinski definition) is 2. The van der Waals surface area contributed by atoms with E-state index in [1.807, 2.05) is 43.4 Å². The first-order valence-corrected chi connectivity index (χ1v) is 10.1. The van der Waals surface area contributed by atoms with Crippen molar-refractivity contribution in [2.75, 3.05) is 32.1 Å². The van der Waals surface area contributed by atoms with Crippen LogP contribution in [0.4, 0.5) is 5.69 Å². The highest BCUT2D eigenvalue weighted by atomic mass is 16.5. The minimum absolute atomic E-state index is 0.188. The normalized spacial score (nSPS) is 18.7. The van der Waals surface area contributed by atoms with Gasteiger partial charge < -0.3 is 20.3 Å². The Morgan fingerprint density at radius 1 is 1.14 bits per heavy atom. The van der Waals surface area contributed by atoms with Gasteiger partial charge in [0.15, 0.2) is 0 Å². The molecule has 1 amide bonds. The standard InChI is InChI=1S/C17H25N3O2.C6H6/c1-20-15-8-13(10-19-14-4-3-7-18-11-14)16(22-2)9-12(15)5-6-17(20)21;1-2-4-6-5-3-1/h8-9,14,18-19H,3-7,10-11H2,1-2H3;1-6H. The van der Waals surface area contributed by atoms with Crippen LogP contribution in [0.5, 0.6) is 5.75 Å². The highest BCUT2D eigenvalue weighted by Crippen LogP contribution is 2.33. The molecule has 4 rings (SSSR count). The molecule has 0 radical (unpaired) electrons. The van der Waals surface area contributed by atoms with E-state index in [1.54, 1.807) is 12.0 Å². The van der Waals surface area contributed by atoms with Gasteiger partial charge in [0.05, 0.1) is 7.11 Å². The lowest BCUT2D eigenvalue weighted by Crippen LogP contribution is -2.42. The predicted octanol–water partition coefficient (Wildman–Crippen LogP) is 3.13. The van der Waals surface area contributed by atoms with E-state index < -0.39 is 0 Å². The molecule has 0 saturated carbocycles. The molecule has 0 bridgehead atoms. The molecule has 2 aliphatic rings. The zero-order chi connectivity index (χ0) is 19.8. The van der Waals surface area contributed by atoms with Gasteiger partial charge in [-0.2, -0.15) is 0 Å². The van der Waals surface area contributed by atoms with Crippen LogP contribution in [0.25, 0.3) is 0 Å². The van der Waals surface area contributed by atoms with E-state index in [0.717, 1.165) is 43.1 Å². The zero-order valence-corrected chi connectivity index (χ0v) is 16.9. The Balaban J connectivity index is 0.000000320. The number of nitrogens with one attached hydrogen (secondary N) is 2. The summed E-state index contributed by atoms with van der Waals surface area (Å²) in [6.45, 7) is 2.91. The van der Waals surface area contributed by atoms with Crippen LogP contribution in [0.1, 0.15) is 30.4 Å². The van der Waals surface area contributed by atoms with E-state index in [4.69, 9.17) is 4.74 Å². The van der Waals surface area contributed by atoms with Gasteiger partial charge in [-0.25, -0.2) is 0 Å². The quantitative estimate of drug-likeness (QED) is 0.854. The lowest BCUT2D eigenvalue weighted by Gasteiger charge is -2.28. The molecule has 2 heterocycles. The first kappa shape index (κ1) is 20.4. The van der Waals surface area contributed by atoms with Gasteiger partial charge in [-0.15, -0.1) is 0 Å². The lowest BCUT2D eigenvalue weighted by atomic mass is 9.98. The molecule has 150 valence electrons. The number of methoxy groups -OCH3 is 1. The number of carbonyl (C=O) groups is 1. The van der Waals surface area contributed by atoms with E-state index >= 15 is 0 Å². The summed E-state index contributed by atoms with van der Waals surface area (Å²) in [5.41, 5.74) is 3.34. The van der Waals surface area contributed by atoms with Crippen LogP contribution in [-0.4, -0.2) is 39.2 Å². The van der Waals surface area contributed by atoms with Gasteiger partial charge in [0.2, 0.25) is 5.91 Å². The summed E-state index contributed by atoms with van der Waals surface area (Å²) in [6.07, 6.45) is 3.81. The summed E-state index contributed by atoms with van der Waals surface area (Å²) in [6, 6.07) is 16.7. The van der Waals surface area contributed by atoms with Crippen molar-refractivity contribution in [3.63, 3.8) is 0 Å². The van der Waals surface area contributed by atoms with E-state index in [1.165, 1.54) is 18.4 Å². The Hall–Kier alpha value is -2.37. The molecule has 2 N–H and O–H groups in total. The second-order valence-corrected chi connectivity index (χ2v) is 7.32. The molecular formula is C23H31N3O2. The molecular weight excluding hydrogens is 350 g/mol. The Kier molecular flexibility index (Phi) is 7.46. The van der Waals surface area contributed by atoms with Crippen molar-refractivity contribution >= 4 is 11.6 Å². The average Bonchev–Trinajstić information content (AvgIpc) is 2.77. The molecule has 1 saturated heterocycles. The minimum atomic E-state index is 0.188. The molecule has 0 aromatic heterocycles. The van der Waals surface area contributed by atoms with Crippen LogP contribution >= 0.6 is 0 Å². The second-order valence-electron chi connectivity index (χ2n) is 7.32. The van der Waals surface area contributed by atoms with Gasteiger partial charge in [0, 0.05) is 43.9 Å². The van der Waals surface area contributed by atoms with Gasteiger partial charge in [0.1, 0.15) is 5.75 Å². The molecule has 2 aliphatic heterocycles. The number of rotatable bonds is 4. The molecule has 2 aromatic carbocycles. The smallest absolute Gasteiger partial charge is 0.227 e. The molecule has 1 unspecified atom stereocenters. The van der Waals surface area contributed by atoms with Crippen molar-refractivity contribution in [3.8, 4) is 5.75 Å².